The molecular weight excluding hydrogens is 328 g/mol. The maximum Gasteiger partial charge on any atom is 0.300 e. The van der Waals surface area contributed by atoms with E-state index in [0.717, 1.165) is 11.5 Å². The van der Waals surface area contributed by atoms with Gasteiger partial charge in [0.25, 0.3) is 11.5 Å². The second kappa shape index (κ2) is 5.70. The summed E-state index contributed by atoms with van der Waals surface area (Å²) in [6.45, 7) is 0. The first kappa shape index (κ1) is 14.4. The number of rotatable bonds is 3. The molecule has 8 nitrogen and oxygen atoms in total. The van der Waals surface area contributed by atoms with E-state index in [1.807, 2.05) is 0 Å². The van der Waals surface area contributed by atoms with Crippen LogP contribution in [0.2, 0.25) is 5.02 Å². The van der Waals surface area contributed by atoms with Crippen LogP contribution < -0.4 is 10.9 Å². The molecule has 1 aromatic carbocycles. The van der Waals surface area contributed by atoms with Crippen LogP contribution in [0.4, 0.5) is 0 Å². The molecule has 0 fully saturated rings. The van der Waals surface area contributed by atoms with Crippen LogP contribution in [-0.2, 0) is 0 Å². The zero-order chi connectivity index (χ0) is 15.7. The number of carbonyl (C=O) groups is 1. The Morgan fingerprint density at radius 3 is 3.00 bits per heavy atom. The van der Waals surface area contributed by atoms with Crippen molar-refractivity contribution < 1.29 is 4.79 Å². The second-order valence-electron chi connectivity index (χ2n) is 4.21. The minimum atomic E-state index is -0.430. The van der Waals surface area contributed by atoms with E-state index in [-0.39, 0.29) is 11.4 Å². The SMILES string of the molecule is CNC(=O)c1nnsc1-c1n[nH]n(-c2cccc(Cl)c2)c1=O. The van der Waals surface area contributed by atoms with Crippen molar-refractivity contribution in [1.29, 1.82) is 0 Å². The van der Waals surface area contributed by atoms with Gasteiger partial charge in [-0.05, 0) is 29.7 Å². The second-order valence-corrected chi connectivity index (χ2v) is 5.40. The van der Waals surface area contributed by atoms with E-state index in [0.29, 0.717) is 15.6 Å². The van der Waals surface area contributed by atoms with Crippen molar-refractivity contribution in [3.8, 4) is 16.3 Å². The Bertz CT molecular complexity index is 899. The largest absolute Gasteiger partial charge is 0.354 e. The van der Waals surface area contributed by atoms with E-state index >= 15 is 0 Å². The number of nitrogens with zero attached hydrogens (tertiary/aromatic N) is 4. The standard InChI is InChI=1S/C12H9ClN6O2S/c1-14-11(20)8-10(22-18-16-8)9-12(21)19(17-15-9)7-4-2-3-6(13)5-7/h2-5,17H,1H3,(H,14,20). The first-order chi connectivity index (χ1) is 10.6. The lowest BCUT2D eigenvalue weighted by molar-refractivity contribution is 0.0959. The predicted octanol–water partition coefficient (Wildman–Crippen LogP) is 1.09. The summed E-state index contributed by atoms with van der Waals surface area (Å²) in [7, 11) is 1.47. The Hall–Kier alpha value is -2.52. The highest BCUT2D eigenvalue weighted by Crippen LogP contribution is 2.21. The molecule has 0 spiro atoms. The predicted molar refractivity (Wildman–Crippen MR) is 81.5 cm³/mol. The molecule has 0 bridgehead atoms. The minimum Gasteiger partial charge on any atom is -0.354 e. The molecule has 22 heavy (non-hydrogen) atoms. The van der Waals surface area contributed by atoms with Gasteiger partial charge >= 0.3 is 0 Å². The fraction of sp³-hybridized carbons (Fsp3) is 0.0833. The van der Waals surface area contributed by atoms with Crippen LogP contribution in [0, 0.1) is 0 Å². The molecule has 0 radical (unpaired) electrons. The fourth-order valence-electron chi connectivity index (χ4n) is 1.85. The van der Waals surface area contributed by atoms with Crippen molar-refractivity contribution in [2.45, 2.75) is 0 Å². The molecule has 10 heteroatoms. The maximum atomic E-state index is 12.5. The highest BCUT2D eigenvalue weighted by molar-refractivity contribution is 7.09. The van der Waals surface area contributed by atoms with Gasteiger partial charge in [-0.15, -0.1) is 5.10 Å². The summed E-state index contributed by atoms with van der Waals surface area (Å²) < 4.78 is 4.94. The zero-order valence-corrected chi connectivity index (χ0v) is 12.8. The van der Waals surface area contributed by atoms with Gasteiger partial charge in [0.05, 0.1) is 5.69 Å². The molecule has 0 unspecified atom stereocenters. The van der Waals surface area contributed by atoms with Crippen LogP contribution in [0.25, 0.3) is 16.3 Å². The number of carbonyl (C=O) groups excluding carboxylic acids is 1. The van der Waals surface area contributed by atoms with Gasteiger partial charge in [-0.3, -0.25) is 9.59 Å². The Balaban J connectivity index is 2.11. The van der Waals surface area contributed by atoms with E-state index in [1.54, 1.807) is 24.3 Å². The molecule has 2 heterocycles. The van der Waals surface area contributed by atoms with E-state index in [2.05, 4.69) is 25.2 Å². The van der Waals surface area contributed by atoms with Gasteiger partial charge in [-0.25, -0.2) is 9.90 Å². The van der Waals surface area contributed by atoms with Crippen molar-refractivity contribution in [3.05, 3.63) is 45.3 Å². The molecule has 3 aromatic rings. The number of H-pyrrole nitrogens is 1. The van der Waals surface area contributed by atoms with Crippen molar-refractivity contribution in [3.63, 3.8) is 0 Å². The molecule has 2 N–H and O–H groups in total. The third-order valence-corrected chi connectivity index (χ3v) is 3.85. The molecule has 0 saturated carbocycles. The normalized spacial score (nSPS) is 10.6. The average Bonchev–Trinajstić information content (AvgIpc) is 3.12. The molecule has 2 aromatic heterocycles. The lowest BCUT2D eigenvalue weighted by atomic mass is 10.3. The summed E-state index contributed by atoms with van der Waals surface area (Å²) in [6.07, 6.45) is 0. The van der Waals surface area contributed by atoms with Crippen molar-refractivity contribution in [2.24, 2.45) is 0 Å². The van der Waals surface area contributed by atoms with Crippen LogP contribution >= 0.6 is 23.1 Å². The van der Waals surface area contributed by atoms with Gasteiger partial charge < -0.3 is 5.32 Å². The zero-order valence-electron chi connectivity index (χ0n) is 11.2. The summed E-state index contributed by atoms with van der Waals surface area (Å²) in [5.74, 6) is -0.430. The van der Waals surface area contributed by atoms with E-state index < -0.39 is 11.5 Å². The molecule has 0 aliphatic rings. The Labute approximate surface area is 132 Å². The van der Waals surface area contributed by atoms with Crippen molar-refractivity contribution >= 4 is 29.0 Å². The Morgan fingerprint density at radius 2 is 2.27 bits per heavy atom. The quantitative estimate of drug-likeness (QED) is 0.744. The first-order valence-corrected chi connectivity index (χ1v) is 7.25. The highest BCUT2D eigenvalue weighted by atomic mass is 35.5. The molecule has 0 saturated heterocycles. The van der Waals surface area contributed by atoms with Gasteiger partial charge in [0.15, 0.2) is 11.4 Å². The van der Waals surface area contributed by atoms with Crippen LogP contribution in [-0.4, -0.2) is 37.5 Å². The minimum absolute atomic E-state index is 0.0642. The third-order valence-electron chi connectivity index (χ3n) is 2.88. The number of nitrogens with one attached hydrogen (secondary N) is 2. The highest BCUT2D eigenvalue weighted by Gasteiger charge is 2.22. The van der Waals surface area contributed by atoms with E-state index in [9.17, 15) is 9.59 Å². The molecule has 1 amide bonds. The number of halogens is 1. The van der Waals surface area contributed by atoms with Crippen LogP contribution in [0.5, 0.6) is 0 Å². The Morgan fingerprint density at radius 1 is 1.45 bits per heavy atom. The molecular formula is C12H9ClN6O2S. The fourth-order valence-corrected chi connectivity index (χ4v) is 2.68. The monoisotopic (exact) mass is 336 g/mol. The topological polar surface area (TPSA) is 106 Å². The van der Waals surface area contributed by atoms with Gasteiger partial charge in [0, 0.05) is 12.1 Å². The summed E-state index contributed by atoms with van der Waals surface area (Å²) in [6, 6.07) is 6.74. The smallest absolute Gasteiger partial charge is 0.300 e. The molecule has 112 valence electrons. The van der Waals surface area contributed by atoms with Crippen molar-refractivity contribution in [1.82, 2.24) is 29.9 Å². The lowest BCUT2D eigenvalue weighted by Crippen LogP contribution is -2.20. The molecule has 0 atom stereocenters. The van der Waals surface area contributed by atoms with Gasteiger partial charge in [-0.1, -0.05) is 22.2 Å². The summed E-state index contributed by atoms with van der Waals surface area (Å²) in [5, 5.41) is 13.2. The summed E-state index contributed by atoms with van der Waals surface area (Å²) in [5.41, 5.74) is 0.261. The first-order valence-electron chi connectivity index (χ1n) is 6.10. The number of benzene rings is 1. The molecule has 0 aliphatic heterocycles. The lowest BCUT2D eigenvalue weighted by Gasteiger charge is -1.99. The summed E-state index contributed by atoms with van der Waals surface area (Å²) >= 11 is 6.85. The maximum absolute atomic E-state index is 12.5. The van der Waals surface area contributed by atoms with Crippen LogP contribution in [0.15, 0.2) is 29.1 Å². The number of amides is 1. The van der Waals surface area contributed by atoms with E-state index in [1.165, 1.54) is 11.7 Å². The van der Waals surface area contributed by atoms with Gasteiger partial charge in [0.1, 0.15) is 4.88 Å². The third kappa shape index (κ3) is 2.40. The number of hydrogen-bond donors (Lipinski definition) is 2. The van der Waals surface area contributed by atoms with Gasteiger partial charge in [-0.2, -0.15) is 5.10 Å². The van der Waals surface area contributed by atoms with E-state index in [4.69, 9.17) is 11.6 Å². The Kier molecular flexibility index (Phi) is 3.73. The number of aromatic amines is 1. The number of hydrogen-bond acceptors (Lipinski definition) is 6. The molecule has 0 aliphatic carbocycles. The average molecular weight is 337 g/mol. The van der Waals surface area contributed by atoms with Crippen LogP contribution in [0.1, 0.15) is 10.5 Å². The number of aromatic nitrogens is 5. The van der Waals surface area contributed by atoms with Gasteiger partial charge in [0.2, 0.25) is 0 Å². The van der Waals surface area contributed by atoms with Crippen LogP contribution in [0.3, 0.4) is 0 Å². The summed E-state index contributed by atoms with van der Waals surface area (Å²) in [4.78, 5) is 24.5. The van der Waals surface area contributed by atoms with Crippen molar-refractivity contribution in [2.75, 3.05) is 7.05 Å². The molecule has 3 rings (SSSR count).